The van der Waals surface area contributed by atoms with E-state index in [1.807, 2.05) is 6.07 Å². The Morgan fingerprint density at radius 2 is 1.94 bits per heavy atom. The SMILES string of the molecule is O=c1c2c(nc(-c3ccc(F)cc3C3CC3)n1CCn1cnnc1)sc1c(O)cccc12. The van der Waals surface area contributed by atoms with Gasteiger partial charge in [-0.2, -0.15) is 0 Å². The Balaban J connectivity index is 1.63. The minimum Gasteiger partial charge on any atom is -0.506 e. The van der Waals surface area contributed by atoms with E-state index in [9.17, 15) is 14.3 Å². The van der Waals surface area contributed by atoms with Crippen LogP contribution in [0, 0.1) is 5.82 Å². The lowest BCUT2D eigenvalue weighted by molar-refractivity contribution is 0.482. The molecule has 6 rings (SSSR count). The van der Waals surface area contributed by atoms with Crippen molar-refractivity contribution in [2.45, 2.75) is 31.8 Å². The quantitative estimate of drug-likeness (QED) is 0.434. The number of phenolic OH excluding ortho intramolecular Hbond substituents is 1. The van der Waals surface area contributed by atoms with Crippen LogP contribution in [0.2, 0.25) is 0 Å². The minimum absolute atomic E-state index is 0.128. The highest BCUT2D eigenvalue weighted by atomic mass is 32.1. The largest absolute Gasteiger partial charge is 0.506 e. The third-order valence-electron chi connectivity index (χ3n) is 5.92. The van der Waals surface area contributed by atoms with Crippen molar-refractivity contribution in [3.05, 3.63) is 70.8 Å². The molecule has 3 heterocycles. The first kappa shape index (κ1) is 19.1. The van der Waals surface area contributed by atoms with Gasteiger partial charge in [0.1, 0.15) is 34.9 Å². The summed E-state index contributed by atoms with van der Waals surface area (Å²) >= 11 is 1.30. The Labute approximate surface area is 185 Å². The van der Waals surface area contributed by atoms with Crippen LogP contribution >= 0.6 is 11.3 Å². The van der Waals surface area contributed by atoms with Gasteiger partial charge < -0.3 is 9.67 Å². The lowest BCUT2D eigenvalue weighted by Crippen LogP contribution is -2.25. The lowest BCUT2D eigenvalue weighted by Gasteiger charge is -2.16. The molecule has 1 saturated carbocycles. The summed E-state index contributed by atoms with van der Waals surface area (Å²) in [4.78, 5) is 19.2. The van der Waals surface area contributed by atoms with Crippen LogP contribution in [-0.2, 0) is 13.1 Å². The molecule has 32 heavy (non-hydrogen) atoms. The van der Waals surface area contributed by atoms with Crippen LogP contribution in [-0.4, -0.2) is 29.4 Å². The maximum absolute atomic E-state index is 14.1. The van der Waals surface area contributed by atoms with E-state index >= 15 is 0 Å². The molecular weight excluding hydrogens is 429 g/mol. The van der Waals surface area contributed by atoms with Crippen LogP contribution in [0.1, 0.15) is 24.3 Å². The number of hydrogen-bond donors (Lipinski definition) is 1. The van der Waals surface area contributed by atoms with Crippen molar-refractivity contribution in [3.8, 4) is 17.1 Å². The molecule has 1 fully saturated rings. The third-order valence-corrected chi connectivity index (χ3v) is 7.04. The number of phenols is 1. The summed E-state index contributed by atoms with van der Waals surface area (Å²) in [7, 11) is 0. The van der Waals surface area contributed by atoms with Gasteiger partial charge >= 0.3 is 0 Å². The Bertz CT molecular complexity index is 1540. The fourth-order valence-electron chi connectivity index (χ4n) is 4.20. The highest BCUT2D eigenvalue weighted by Crippen LogP contribution is 2.45. The van der Waals surface area contributed by atoms with Crippen LogP contribution < -0.4 is 5.56 Å². The van der Waals surface area contributed by atoms with Gasteiger partial charge in [-0.25, -0.2) is 9.37 Å². The molecule has 0 spiro atoms. The molecule has 0 atom stereocenters. The summed E-state index contributed by atoms with van der Waals surface area (Å²) in [6, 6.07) is 9.85. The fourth-order valence-corrected chi connectivity index (χ4v) is 5.28. The van der Waals surface area contributed by atoms with Gasteiger partial charge in [0, 0.05) is 24.0 Å². The summed E-state index contributed by atoms with van der Waals surface area (Å²) in [6.07, 6.45) is 5.20. The van der Waals surface area contributed by atoms with Crippen LogP contribution in [0.3, 0.4) is 0 Å². The average molecular weight is 447 g/mol. The first-order valence-corrected chi connectivity index (χ1v) is 11.2. The maximum atomic E-state index is 14.1. The molecule has 0 radical (unpaired) electrons. The molecule has 9 heteroatoms. The van der Waals surface area contributed by atoms with Crippen molar-refractivity contribution >= 4 is 31.6 Å². The van der Waals surface area contributed by atoms with Gasteiger partial charge in [-0.3, -0.25) is 9.36 Å². The standard InChI is InChI=1S/C23H18FN5O2S/c24-14-6-7-15(17(10-14)13-4-5-13)21-27-22-19(16-2-1-3-18(30)20(16)32-22)23(31)29(21)9-8-28-11-25-26-12-28/h1-3,6-7,10-13,30H,4-5,8-9H2. The van der Waals surface area contributed by atoms with Gasteiger partial charge in [-0.05, 0) is 48.6 Å². The molecule has 0 unspecified atom stereocenters. The topological polar surface area (TPSA) is 85.8 Å². The third kappa shape index (κ3) is 3.08. The van der Waals surface area contributed by atoms with Crippen molar-refractivity contribution in [2.75, 3.05) is 0 Å². The molecule has 0 amide bonds. The zero-order valence-electron chi connectivity index (χ0n) is 16.9. The number of aromatic hydroxyl groups is 1. The molecule has 1 aliphatic rings. The molecule has 7 nitrogen and oxygen atoms in total. The average Bonchev–Trinajstić information content (AvgIpc) is 3.36. The highest BCUT2D eigenvalue weighted by molar-refractivity contribution is 7.25. The second-order valence-corrected chi connectivity index (χ2v) is 9.03. The van der Waals surface area contributed by atoms with E-state index in [0.717, 1.165) is 24.0 Å². The van der Waals surface area contributed by atoms with Crippen molar-refractivity contribution in [3.63, 3.8) is 0 Å². The van der Waals surface area contributed by atoms with Gasteiger partial charge in [-0.15, -0.1) is 21.5 Å². The van der Waals surface area contributed by atoms with E-state index in [-0.39, 0.29) is 23.0 Å². The molecule has 3 aromatic heterocycles. The second kappa shape index (κ2) is 7.23. The summed E-state index contributed by atoms with van der Waals surface area (Å²) in [6.45, 7) is 0.840. The number of nitrogens with zero attached hydrogens (tertiary/aromatic N) is 5. The van der Waals surface area contributed by atoms with E-state index < -0.39 is 0 Å². The Morgan fingerprint density at radius 3 is 2.72 bits per heavy atom. The smallest absolute Gasteiger partial charge is 0.263 e. The molecule has 0 saturated heterocycles. The maximum Gasteiger partial charge on any atom is 0.263 e. The first-order chi connectivity index (χ1) is 15.6. The normalized spacial score (nSPS) is 13.9. The summed E-state index contributed by atoms with van der Waals surface area (Å²) in [5.74, 6) is 0.638. The van der Waals surface area contributed by atoms with Crippen molar-refractivity contribution in [1.29, 1.82) is 0 Å². The number of rotatable bonds is 5. The Kier molecular flexibility index (Phi) is 4.32. The number of benzene rings is 2. The molecule has 1 N–H and O–H groups in total. The predicted molar refractivity (Wildman–Crippen MR) is 120 cm³/mol. The summed E-state index contributed by atoms with van der Waals surface area (Å²) in [5.41, 5.74) is 1.48. The molecule has 0 aliphatic heterocycles. The van der Waals surface area contributed by atoms with E-state index in [4.69, 9.17) is 4.98 Å². The minimum atomic E-state index is -0.290. The second-order valence-electron chi connectivity index (χ2n) is 8.03. The number of hydrogen-bond acceptors (Lipinski definition) is 6. The molecule has 160 valence electrons. The van der Waals surface area contributed by atoms with Crippen LogP contribution in [0.5, 0.6) is 5.75 Å². The van der Waals surface area contributed by atoms with Crippen molar-refractivity contribution in [2.24, 2.45) is 0 Å². The molecule has 0 bridgehead atoms. The number of aryl methyl sites for hydroxylation is 1. The zero-order chi connectivity index (χ0) is 21.8. The van der Waals surface area contributed by atoms with Crippen LogP contribution in [0.25, 0.3) is 31.7 Å². The Morgan fingerprint density at radius 1 is 1.12 bits per heavy atom. The molecular formula is C23H18FN5O2S. The van der Waals surface area contributed by atoms with Crippen molar-refractivity contribution in [1.82, 2.24) is 24.3 Å². The number of halogens is 1. The number of thiophene rings is 1. The molecule has 1 aliphatic carbocycles. The van der Waals surface area contributed by atoms with Crippen molar-refractivity contribution < 1.29 is 9.50 Å². The van der Waals surface area contributed by atoms with Crippen LogP contribution in [0.4, 0.5) is 4.39 Å². The van der Waals surface area contributed by atoms with Gasteiger partial charge in [0.25, 0.3) is 5.56 Å². The first-order valence-electron chi connectivity index (χ1n) is 10.4. The number of fused-ring (bicyclic) bond motifs is 3. The lowest BCUT2D eigenvalue weighted by atomic mass is 10.0. The molecule has 2 aromatic carbocycles. The van der Waals surface area contributed by atoms with E-state index in [1.165, 1.54) is 17.4 Å². The van der Waals surface area contributed by atoms with Gasteiger partial charge in [0.2, 0.25) is 0 Å². The van der Waals surface area contributed by atoms with Gasteiger partial charge in [0.05, 0.1) is 10.1 Å². The van der Waals surface area contributed by atoms with Gasteiger partial charge in [-0.1, -0.05) is 12.1 Å². The van der Waals surface area contributed by atoms with E-state index in [0.29, 0.717) is 39.2 Å². The highest BCUT2D eigenvalue weighted by Gasteiger charge is 2.29. The predicted octanol–water partition coefficient (Wildman–Crippen LogP) is 4.29. The summed E-state index contributed by atoms with van der Waals surface area (Å²) < 4.78 is 18.2. The fraction of sp³-hybridized carbons (Fsp3) is 0.217. The number of aromatic nitrogens is 5. The zero-order valence-corrected chi connectivity index (χ0v) is 17.7. The van der Waals surface area contributed by atoms with E-state index in [1.54, 1.807) is 46.1 Å². The van der Waals surface area contributed by atoms with Crippen LogP contribution in [0.15, 0.2) is 53.8 Å². The molecule has 5 aromatic rings. The Hall–Kier alpha value is -3.59. The van der Waals surface area contributed by atoms with E-state index in [2.05, 4.69) is 10.2 Å². The monoisotopic (exact) mass is 447 g/mol. The van der Waals surface area contributed by atoms with Gasteiger partial charge in [0.15, 0.2) is 0 Å². The summed E-state index contributed by atoms with van der Waals surface area (Å²) in [5, 5.41) is 19.2.